The van der Waals surface area contributed by atoms with Gasteiger partial charge in [-0.2, -0.15) is 0 Å². The highest BCUT2D eigenvalue weighted by molar-refractivity contribution is 5.75. The molecule has 0 atom stereocenters. The largest absolute Gasteiger partial charge is 0.355 e. The topological polar surface area (TPSA) is 35.6 Å². The van der Waals surface area contributed by atoms with Crippen molar-refractivity contribution in [3.63, 3.8) is 0 Å². The van der Waals surface area contributed by atoms with E-state index in [9.17, 15) is 4.79 Å². The van der Waals surface area contributed by atoms with Crippen LogP contribution in [0.1, 0.15) is 42.4 Å². The normalized spacial score (nSPS) is 14.8. The molecular weight excluding hydrogens is 382 g/mol. The average Bonchev–Trinajstić information content (AvgIpc) is 2.78. The molecule has 0 spiro atoms. The van der Waals surface area contributed by atoms with Crippen molar-refractivity contribution >= 4 is 5.91 Å². The third kappa shape index (κ3) is 8.20. The van der Waals surface area contributed by atoms with Crippen LogP contribution in [0.25, 0.3) is 0 Å². The number of carbonyl (C=O) groups is 1. The molecule has 0 saturated carbocycles. The summed E-state index contributed by atoms with van der Waals surface area (Å²) in [6, 6.07) is 18.6. The van der Waals surface area contributed by atoms with Gasteiger partial charge in [0.15, 0.2) is 0 Å². The van der Waals surface area contributed by atoms with E-state index in [4.69, 9.17) is 0 Å². The number of carbonyl (C=O) groups excluding carboxylic acids is 1. The zero-order chi connectivity index (χ0) is 21.9. The summed E-state index contributed by atoms with van der Waals surface area (Å²) in [6.45, 7) is 4.75. The van der Waals surface area contributed by atoms with Gasteiger partial charge in [0.2, 0.25) is 5.91 Å². The van der Waals surface area contributed by atoms with Crippen molar-refractivity contribution in [1.29, 1.82) is 0 Å². The molecule has 1 aliphatic rings. The molecule has 164 valence electrons. The van der Waals surface area contributed by atoms with Crippen LogP contribution in [0.2, 0.25) is 0 Å². The Morgan fingerprint density at radius 3 is 2.48 bits per heavy atom. The molecular formula is C27H35N3O. The second-order valence-corrected chi connectivity index (χ2v) is 8.68. The zero-order valence-electron chi connectivity index (χ0n) is 18.9. The first-order chi connectivity index (χ1) is 15.1. The molecule has 0 aromatic heterocycles. The maximum absolute atomic E-state index is 12.0. The Morgan fingerprint density at radius 2 is 1.74 bits per heavy atom. The van der Waals surface area contributed by atoms with E-state index in [-0.39, 0.29) is 5.91 Å². The minimum Gasteiger partial charge on any atom is -0.355 e. The molecule has 1 saturated heterocycles. The third-order valence-electron chi connectivity index (χ3n) is 5.89. The summed E-state index contributed by atoms with van der Waals surface area (Å²) in [5, 5.41) is 3.02. The summed E-state index contributed by atoms with van der Waals surface area (Å²) in [4.78, 5) is 16.6. The zero-order valence-corrected chi connectivity index (χ0v) is 18.9. The van der Waals surface area contributed by atoms with Gasteiger partial charge in [-0.15, -0.1) is 0 Å². The predicted octanol–water partition coefficient (Wildman–Crippen LogP) is 3.76. The number of hydrogen-bond donors (Lipinski definition) is 1. The molecule has 4 heteroatoms. The van der Waals surface area contributed by atoms with Gasteiger partial charge in [0.25, 0.3) is 0 Å². The van der Waals surface area contributed by atoms with Gasteiger partial charge in [0.1, 0.15) is 0 Å². The van der Waals surface area contributed by atoms with Gasteiger partial charge in [-0.25, -0.2) is 0 Å². The summed E-state index contributed by atoms with van der Waals surface area (Å²) < 4.78 is 0. The van der Waals surface area contributed by atoms with Crippen LogP contribution in [0, 0.1) is 17.8 Å². The number of piperidine rings is 1. The summed E-state index contributed by atoms with van der Waals surface area (Å²) in [7, 11) is 4.04. The van der Waals surface area contributed by atoms with Crippen LogP contribution in [-0.4, -0.2) is 56.0 Å². The summed E-state index contributed by atoms with van der Waals surface area (Å²) in [6.07, 6.45) is 3.99. The van der Waals surface area contributed by atoms with Crippen LogP contribution in [0.5, 0.6) is 0 Å². The van der Waals surface area contributed by atoms with E-state index in [0.717, 1.165) is 50.3 Å². The number of nitrogens with one attached hydrogen (secondary N) is 1. The molecule has 0 radical (unpaired) electrons. The number of amides is 1. The van der Waals surface area contributed by atoms with Crippen LogP contribution in [0.4, 0.5) is 0 Å². The number of rotatable bonds is 8. The van der Waals surface area contributed by atoms with Crippen molar-refractivity contribution in [2.24, 2.45) is 5.92 Å². The third-order valence-corrected chi connectivity index (χ3v) is 5.89. The van der Waals surface area contributed by atoms with Gasteiger partial charge in [0.05, 0.1) is 0 Å². The molecule has 0 bridgehead atoms. The molecule has 1 aliphatic heterocycles. The molecule has 1 amide bonds. The number of nitrogens with zero attached hydrogens (tertiary/aromatic N) is 2. The van der Waals surface area contributed by atoms with Crippen molar-refractivity contribution in [2.45, 2.75) is 32.2 Å². The lowest BCUT2D eigenvalue weighted by Gasteiger charge is -2.32. The summed E-state index contributed by atoms with van der Waals surface area (Å²) in [5.41, 5.74) is 3.45. The maximum Gasteiger partial charge on any atom is 0.220 e. The Labute approximate surface area is 187 Å². The van der Waals surface area contributed by atoms with Crippen molar-refractivity contribution in [1.82, 2.24) is 15.1 Å². The number of hydrogen-bond acceptors (Lipinski definition) is 3. The van der Waals surface area contributed by atoms with Crippen LogP contribution < -0.4 is 5.32 Å². The fourth-order valence-electron chi connectivity index (χ4n) is 3.96. The highest BCUT2D eigenvalue weighted by atomic mass is 16.1. The van der Waals surface area contributed by atoms with E-state index in [0.29, 0.717) is 12.3 Å². The van der Waals surface area contributed by atoms with Crippen LogP contribution in [0.15, 0.2) is 54.6 Å². The van der Waals surface area contributed by atoms with Crippen molar-refractivity contribution in [2.75, 3.05) is 40.3 Å². The monoisotopic (exact) mass is 417 g/mol. The smallest absolute Gasteiger partial charge is 0.220 e. The molecule has 1 N–H and O–H groups in total. The lowest BCUT2D eigenvalue weighted by atomic mass is 9.91. The molecule has 3 rings (SSSR count). The maximum atomic E-state index is 12.0. The van der Waals surface area contributed by atoms with Gasteiger partial charge < -0.3 is 10.2 Å². The Morgan fingerprint density at radius 1 is 1.03 bits per heavy atom. The Balaban J connectivity index is 1.44. The molecule has 2 aromatic carbocycles. The van der Waals surface area contributed by atoms with E-state index in [1.807, 2.05) is 44.4 Å². The van der Waals surface area contributed by atoms with Crippen LogP contribution >= 0.6 is 0 Å². The second-order valence-electron chi connectivity index (χ2n) is 8.68. The number of likely N-dealkylation sites (N-methyl/N-ethyl adjacent to an activating group) is 1. The first kappa shape index (κ1) is 23.1. The van der Waals surface area contributed by atoms with E-state index in [2.05, 4.69) is 51.2 Å². The Kier molecular flexibility index (Phi) is 9.15. The van der Waals surface area contributed by atoms with Crippen LogP contribution in [0.3, 0.4) is 0 Å². The highest BCUT2D eigenvalue weighted by Crippen LogP contribution is 2.23. The molecule has 1 fully saturated rings. The standard InChI is InChI=1S/C27H35N3O/c1-29(2)21-18-28-27(31)15-13-24-16-19-30(20-17-24)22-26-11-7-6-10-25(26)14-12-23-8-4-3-5-9-23/h3-11,24H,13,15-22H2,1-2H3,(H,28,31). The van der Waals surface area contributed by atoms with Crippen molar-refractivity contribution in [3.05, 3.63) is 71.3 Å². The molecule has 1 heterocycles. The Hall–Kier alpha value is -2.61. The van der Waals surface area contributed by atoms with Gasteiger partial charge >= 0.3 is 0 Å². The molecule has 0 unspecified atom stereocenters. The van der Waals surface area contributed by atoms with Gasteiger partial charge in [-0.05, 0) is 76.1 Å². The van der Waals surface area contributed by atoms with Gasteiger partial charge in [-0.1, -0.05) is 48.2 Å². The average molecular weight is 418 g/mol. The molecule has 31 heavy (non-hydrogen) atoms. The fourth-order valence-corrected chi connectivity index (χ4v) is 3.96. The first-order valence-electron chi connectivity index (χ1n) is 11.4. The van der Waals surface area contributed by atoms with E-state index in [1.165, 1.54) is 18.4 Å². The van der Waals surface area contributed by atoms with Gasteiger partial charge in [0, 0.05) is 37.2 Å². The molecule has 4 nitrogen and oxygen atoms in total. The predicted molar refractivity (Wildman–Crippen MR) is 128 cm³/mol. The lowest BCUT2D eigenvalue weighted by Crippen LogP contribution is -2.34. The van der Waals surface area contributed by atoms with E-state index in [1.54, 1.807) is 0 Å². The van der Waals surface area contributed by atoms with E-state index < -0.39 is 0 Å². The minimum absolute atomic E-state index is 0.190. The molecule has 0 aliphatic carbocycles. The minimum atomic E-state index is 0.190. The summed E-state index contributed by atoms with van der Waals surface area (Å²) in [5.74, 6) is 7.49. The Bertz CT molecular complexity index is 874. The number of likely N-dealkylation sites (tertiary alicyclic amines) is 1. The fraction of sp³-hybridized carbons (Fsp3) is 0.444. The first-order valence-corrected chi connectivity index (χ1v) is 11.4. The van der Waals surface area contributed by atoms with Crippen molar-refractivity contribution in [3.8, 4) is 11.8 Å². The van der Waals surface area contributed by atoms with E-state index >= 15 is 0 Å². The van der Waals surface area contributed by atoms with Crippen LogP contribution in [-0.2, 0) is 11.3 Å². The SMILES string of the molecule is CN(C)CCNC(=O)CCC1CCN(Cc2ccccc2C#Cc2ccccc2)CC1. The number of benzene rings is 2. The quantitative estimate of drug-likeness (QED) is 0.665. The second kappa shape index (κ2) is 12.3. The highest BCUT2D eigenvalue weighted by Gasteiger charge is 2.20. The van der Waals surface area contributed by atoms with Gasteiger partial charge in [-0.3, -0.25) is 9.69 Å². The summed E-state index contributed by atoms with van der Waals surface area (Å²) >= 11 is 0. The lowest BCUT2D eigenvalue weighted by molar-refractivity contribution is -0.121. The van der Waals surface area contributed by atoms with Crippen molar-refractivity contribution < 1.29 is 4.79 Å². The molecule has 2 aromatic rings.